The van der Waals surface area contributed by atoms with Crippen LogP contribution in [0.15, 0.2) is 0 Å². The summed E-state index contributed by atoms with van der Waals surface area (Å²) in [6, 6.07) is 0. The number of hydrogen-bond acceptors (Lipinski definition) is 1. The molecule has 0 aromatic rings. The van der Waals surface area contributed by atoms with Gasteiger partial charge in [-0.15, -0.1) is 0 Å². The normalized spacial score (nSPS) is 23.2. The number of rotatable bonds is 1. The highest BCUT2D eigenvalue weighted by atomic mass is 16.1. The highest BCUT2D eigenvalue weighted by Crippen LogP contribution is 2.50. The second kappa shape index (κ2) is 3.43. The Bertz CT molecular complexity index is 188. The Balaban J connectivity index is 2.77. The zero-order valence-electron chi connectivity index (χ0n) is 9.44. The van der Waals surface area contributed by atoms with E-state index in [2.05, 4.69) is 27.7 Å². The average molecular weight is 182 g/mol. The number of carbonyl (C=O) groups is 1. The first kappa shape index (κ1) is 10.7. The van der Waals surface area contributed by atoms with Crippen LogP contribution in [0.1, 0.15) is 59.8 Å². The van der Waals surface area contributed by atoms with Crippen LogP contribution in [0.4, 0.5) is 0 Å². The molecule has 1 fully saturated rings. The first-order chi connectivity index (χ1) is 5.91. The highest BCUT2D eigenvalue weighted by Gasteiger charge is 2.42. The summed E-state index contributed by atoms with van der Waals surface area (Å²) in [7, 11) is 0. The van der Waals surface area contributed by atoms with Gasteiger partial charge in [-0.25, -0.2) is 0 Å². The van der Waals surface area contributed by atoms with Crippen molar-refractivity contribution in [3.8, 4) is 0 Å². The van der Waals surface area contributed by atoms with Gasteiger partial charge in [0.15, 0.2) is 0 Å². The van der Waals surface area contributed by atoms with E-state index >= 15 is 0 Å². The second-order valence-electron chi connectivity index (χ2n) is 5.42. The predicted molar refractivity (Wildman–Crippen MR) is 55.7 cm³/mol. The Morgan fingerprint density at radius 2 is 1.69 bits per heavy atom. The van der Waals surface area contributed by atoms with Crippen LogP contribution in [0.25, 0.3) is 0 Å². The van der Waals surface area contributed by atoms with Gasteiger partial charge in [-0.3, -0.25) is 4.79 Å². The molecule has 1 aliphatic carbocycles. The highest BCUT2D eigenvalue weighted by molar-refractivity contribution is 5.79. The summed E-state index contributed by atoms with van der Waals surface area (Å²) in [6.07, 6.45) is 5.04. The van der Waals surface area contributed by atoms with Gasteiger partial charge in [0.05, 0.1) is 0 Å². The topological polar surface area (TPSA) is 17.1 Å². The largest absolute Gasteiger partial charge is 0.300 e. The molecule has 0 heterocycles. The summed E-state index contributed by atoms with van der Waals surface area (Å²) in [6.45, 7) is 9.20. The third-order valence-corrected chi connectivity index (χ3v) is 4.03. The maximum Gasteiger partial charge on any atom is 0.132 e. The molecule has 13 heavy (non-hydrogen) atoms. The second-order valence-corrected chi connectivity index (χ2v) is 5.42. The van der Waals surface area contributed by atoms with Gasteiger partial charge < -0.3 is 0 Å². The standard InChI is InChI=1S/C12H22O/c1-5-12(11(2,3)4)8-6-10(13)7-9-12/h5-9H2,1-4H3. The molecule has 0 atom stereocenters. The monoisotopic (exact) mass is 182 g/mol. The van der Waals surface area contributed by atoms with Gasteiger partial charge in [-0.2, -0.15) is 0 Å². The van der Waals surface area contributed by atoms with Gasteiger partial charge in [-0.1, -0.05) is 27.7 Å². The Labute approximate surface area is 81.9 Å². The summed E-state index contributed by atoms with van der Waals surface area (Å²) in [4.78, 5) is 11.2. The van der Waals surface area contributed by atoms with E-state index in [9.17, 15) is 4.79 Å². The summed E-state index contributed by atoms with van der Waals surface area (Å²) >= 11 is 0. The van der Waals surface area contributed by atoms with Crippen molar-refractivity contribution in [3.05, 3.63) is 0 Å². The molecule has 0 aromatic carbocycles. The molecule has 0 amide bonds. The van der Waals surface area contributed by atoms with E-state index < -0.39 is 0 Å². The van der Waals surface area contributed by atoms with Crippen LogP contribution in [0, 0.1) is 10.8 Å². The van der Waals surface area contributed by atoms with Crippen LogP contribution < -0.4 is 0 Å². The molecule has 0 aromatic heterocycles. The molecule has 0 aliphatic heterocycles. The first-order valence-electron chi connectivity index (χ1n) is 5.43. The lowest BCUT2D eigenvalue weighted by atomic mass is 9.58. The van der Waals surface area contributed by atoms with Crippen molar-refractivity contribution in [1.82, 2.24) is 0 Å². The SMILES string of the molecule is CCC1(C(C)(C)C)CCC(=O)CC1. The first-order valence-corrected chi connectivity index (χ1v) is 5.43. The molecule has 0 N–H and O–H groups in total. The van der Waals surface area contributed by atoms with Crippen molar-refractivity contribution in [2.45, 2.75) is 59.8 Å². The van der Waals surface area contributed by atoms with Gasteiger partial charge in [0.1, 0.15) is 5.78 Å². The molecule has 0 saturated heterocycles. The van der Waals surface area contributed by atoms with E-state index in [1.807, 2.05) is 0 Å². The Morgan fingerprint density at radius 1 is 1.23 bits per heavy atom. The zero-order chi connectivity index (χ0) is 10.1. The van der Waals surface area contributed by atoms with Crippen molar-refractivity contribution >= 4 is 5.78 Å². The maximum absolute atomic E-state index is 11.2. The lowest BCUT2D eigenvalue weighted by Gasteiger charge is -2.47. The van der Waals surface area contributed by atoms with E-state index in [0.717, 1.165) is 25.7 Å². The quantitative estimate of drug-likeness (QED) is 0.606. The molecule has 1 rings (SSSR count). The zero-order valence-corrected chi connectivity index (χ0v) is 9.44. The summed E-state index contributed by atoms with van der Waals surface area (Å²) in [5.74, 6) is 0.466. The van der Waals surface area contributed by atoms with Crippen LogP contribution in [-0.2, 0) is 4.79 Å². The third kappa shape index (κ3) is 1.95. The van der Waals surface area contributed by atoms with Gasteiger partial charge in [0.25, 0.3) is 0 Å². The molecule has 0 bridgehead atoms. The van der Waals surface area contributed by atoms with Gasteiger partial charge >= 0.3 is 0 Å². The van der Waals surface area contributed by atoms with Crippen LogP contribution in [0.3, 0.4) is 0 Å². The number of ketones is 1. The molecular formula is C12H22O. The minimum absolute atomic E-state index is 0.350. The lowest BCUT2D eigenvalue weighted by Crippen LogP contribution is -2.38. The van der Waals surface area contributed by atoms with Gasteiger partial charge in [0, 0.05) is 12.8 Å². The Kier molecular flexibility index (Phi) is 2.84. The minimum atomic E-state index is 0.350. The van der Waals surface area contributed by atoms with Crippen LogP contribution in [0.2, 0.25) is 0 Å². The lowest BCUT2D eigenvalue weighted by molar-refractivity contribution is -0.124. The number of Topliss-reactive ketones (excluding diaryl/α,β-unsaturated/α-hetero) is 1. The van der Waals surface area contributed by atoms with E-state index in [0.29, 0.717) is 16.6 Å². The van der Waals surface area contributed by atoms with Crippen molar-refractivity contribution in [3.63, 3.8) is 0 Å². The summed E-state index contributed by atoms with van der Waals surface area (Å²) in [5, 5.41) is 0. The molecule has 1 heteroatoms. The van der Waals surface area contributed by atoms with Gasteiger partial charge in [-0.05, 0) is 30.1 Å². The fourth-order valence-electron chi connectivity index (χ4n) is 2.64. The summed E-state index contributed by atoms with van der Waals surface area (Å²) < 4.78 is 0. The van der Waals surface area contributed by atoms with E-state index in [-0.39, 0.29) is 0 Å². The van der Waals surface area contributed by atoms with E-state index in [1.165, 1.54) is 6.42 Å². The minimum Gasteiger partial charge on any atom is -0.300 e. The fraction of sp³-hybridized carbons (Fsp3) is 0.917. The van der Waals surface area contributed by atoms with Crippen LogP contribution >= 0.6 is 0 Å². The van der Waals surface area contributed by atoms with Crippen molar-refractivity contribution in [2.75, 3.05) is 0 Å². The fourth-order valence-corrected chi connectivity index (χ4v) is 2.64. The van der Waals surface area contributed by atoms with E-state index in [4.69, 9.17) is 0 Å². The van der Waals surface area contributed by atoms with Crippen molar-refractivity contribution < 1.29 is 4.79 Å². The third-order valence-electron chi connectivity index (χ3n) is 4.03. The Morgan fingerprint density at radius 3 is 2.00 bits per heavy atom. The van der Waals surface area contributed by atoms with Crippen LogP contribution in [-0.4, -0.2) is 5.78 Å². The molecule has 1 saturated carbocycles. The molecule has 0 spiro atoms. The maximum atomic E-state index is 11.2. The number of carbonyl (C=O) groups excluding carboxylic acids is 1. The molecule has 1 aliphatic rings. The summed E-state index contributed by atoms with van der Waals surface area (Å²) in [5.41, 5.74) is 0.767. The number of hydrogen-bond donors (Lipinski definition) is 0. The molecular weight excluding hydrogens is 160 g/mol. The predicted octanol–water partition coefficient (Wildman–Crippen LogP) is 3.57. The van der Waals surface area contributed by atoms with Crippen molar-refractivity contribution in [1.29, 1.82) is 0 Å². The average Bonchev–Trinajstić information content (AvgIpc) is 2.04. The molecule has 76 valence electrons. The molecule has 0 radical (unpaired) electrons. The van der Waals surface area contributed by atoms with Crippen molar-refractivity contribution in [2.24, 2.45) is 10.8 Å². The van der Waals surface area contributed by atoms with Crippen LogP contribution in [0.5, 0.6) is 0 Å². The Hall–Kier alpha value is -0.330. The smallest absolute Gasteiger partial charge is 0.132 e. The van der Waals surface area contributed by atoms with Gasteiger partial charge in [0.2, 0.25) is 0 Å². The molecule has 0 unspecified atom stereocenters. The van der Waals surface area contributed by atoms with E-state index in [1.54, 1.807) is 0 Å². The molecule has 1 nitrogen and oxygen atoms in total.